The summed E-state index contributed by atoms with van der Waals surface area (Å²) in [5.41, 5.74) is 8.68. The largest absolute Gasteiger partial charge is 0.369 e. The van der Waals surface area contributed by atoms with Crippen LogP contribution < -0.4 is 22.1 Å². The van der Waals surface area contributed by atoms with E-state index >= 15 is 0 Å². The molecule has 0 aromatic carbocycles. The van der Waals surface area contributed by atoms with Crippen LogP contribution in [0.15, 0.2) is 4.99 Å². The minimum absolute atomic E-state index is 0.00319. The van der Waals surface area contributed by atoms with Crippen LogP contribution in [0, 0.1) is 5.41 Å². The summed E-state index contributed by atoms with van der Waals surface area (Å²) in [5.74, 6) is -1.48. The van der Waals surface area contributed by atoms with Crippen LogP contribution in [0.25, 0.3) is 0 Å². The molecule has 1 aliphatic heterocycles. The molecule has 0 fully saturated rings. The predicted octanol–water partition coefficient (Wildman–Crippen LogP) is -1.98. The third-order valence-electron chi connectivity index (χ3n) is 2.50. The smallest absolute Gasteiger partial charge is 0.318 e. The number of guanidine groups is 1. The maximum Gasteiger partial charge on any atom is 0.318 e. The molecule has 4 amide bonds. The van der Waals surface area contributed by atoms with Crippen molar-refractivity contribution in [1.82, 2.24) is 10.6 Å². The summed E-state index contributed by atoms with van der Waals surface area (Å²) in [6.07, 6.45) is 0.238. The van der Waals surface area contributed by atoms with Crippen LogP contribution in [0.5, 0.6) is 0 Å². The van der Waals surface area contributed by atoms with Crippen LogP contribution in [0.3, 0.4) is 0 Å². The summed E-state index contributed by atoms with van der Waals surface area (Å²) >= 11 is 0. The molecule has 0 unspecified atom stereocenters. The zero-order chi connectivity index (χ0) is 12.3. The predicted molar refractivity (Wildman–Crippen MR) is 55.1 cm³/mol. The fraction of sp³-hybridized carbons (Fsp3) is 0.500. The summed E-state index contributed by atoms with van der Waals surface area (Å²) in [6, 6.07) is -0.845. The van der Waals surface area contributed by atoms with E-state index in [2.05, 4.69) is 15.6 Å². The van der Waals surface area contributed by atoms with E-state index in [0.717, 1.165) is 0 Å². The molecule has 8 heteroatoms. The van der Waals surface area contributed by atoms with E-state index in [4.69, 9.17) is 11.5 Å². The molecule has 0 aromatic heterocycles. The lowest BCUT2D eigenvalue weighted by Gasteiger charge is -2.30. The van der Waals surface area contributed by atoms with Crippen molar-refractivity contribution >= 4 is 23.8 Å². The molecule has 0 saturated heterocycles. The van der Waals surface area contributed by atoms with Gasteiger partial charge in [-0.25, -0.2) is 4.79 Å². The van der Waals surface area contributed by atoms with Crippen LogP contribution in [0.4, 0.5) is 4.79 Å². The lowest BCUT2D eigenvalue weighted by atomic mass is 9.82. The fourth-order valence-electron chi connectivity index (χ4n) is 1.39. The first kappa shape index (κ1) is 12.0. The normalized spacial score (nSPS) is 24.3. The van der Waals surface area contributed by atoms with E-state index in [1.165, 1.54) is 0 Å². The summed E-state index contributed by atoms with van der Waals surface area (Å²) < 4.78 is 0. The second kappa shape index (κ2) is 4.17. The number of rotatable bonds is 2. The highest BCUT2D eigenvalue weighted by molar-refractivity contribution is 6.12. The minimum atomic E-state index is -1.34. The Bertz CT molecular complexity index is 378. The maximum absolute atomic E-state index is 11.7. The number of hydrogen-bond acceptors (Lipinski definition) is 4. The highest BCUT2D eigenvalue weighted by atomic mass is 16.2. The lowest BCUT2D eigenvalue weighted by molar-refractivity contribution is -0.139. The molecule has 0 saturated carbocycles. The van der Waals surface area contributed by atoms with Gasteiger partial charge in [0, 0.05) is 6.54 Å². The topological polar surface area (TPSA) is 140 Å². The van der Waals surface area contributed by atoms with Gasteiger partial charge in [0.15, 0.2) is 0 Å². The van der Waals surface area contributed by atoms with Crippen molar-refractivity contribution in [3.63, 3.8) is 0 Å². The summed E-state index contributed by atoms with van der Waals surface area (Å²) in [7, 11) is 0. The van der Waals surface area contributed by atoms with Crippen LogP contribution in [0.1, 0.15) is 13.3 Å². The van der Waals surface area contributed by atoms with E-state index in [1.54, 1.807) is 6.92 Å². The maximum atomic E-state index is 11.7. The van der Waals surface area contributed by atoms with Gasteiger partial charge >= 0.3 is 6.03 Å². The van der Waals surface area contributed by atoms with Gasteiger partial charge in [-0.2, -0.15) is 4.99 Å². The van der Waals surface area contributed by atoms with E-state index in [-0.39, 0.29) is 18.9 Å². The number of amides is 4. The van der Waals surface area contributed by atoms with Gasteiger partial charge in [0.1, 0.15) is 5.41 Å². The summed E-state index contributed by atoms with van der Waals surface area (Å²) in [5, 5.41) is 4.74. The molecule has 1 atom stereocenters. The van der Waals surface area contributed by atoms with E-state index < -0.39 is 23.3 Å². The van der Waals surface area contributed by atoms with Gasteiger partial charge < -0.3 is 16.8 Å². The van der Waals surface area contributed by atoms with Crippen molar-refractivity contribution in [2.75, 3.05) is 6.54 Å². The van der Waals surface area contributed by atoms with Crippen LogP contribution in [-0.4, -0.2) is 30.3 Å². The van der Waals surface area contributed by atoms with Gasteiger partial charge in [0.05, 0.1) is 0 Å². The standard InChI is InChI=1S/C8H13N5O3/c1-2-8(4(9)14)3-11-7(12-5(8)15)13-6(10)16/h2-3H2,1H3,(H2,9,14)(H4,10,11,12,13,15,16)/t8-/m1/s1. The molecule has 0 aromatic rings. The average Bonchev–Trinajstić information content (AvgIpc) is 2.17. The zero-order valence-corrected chi connectivity index (χ0v) is 8.74. The van der Waals surface area contributed by atoms with Gasteiger partial charge in [-0.05, 0) is 6.42 Å². The average molecular weight is 227 g/mol. The highest BCUT2D eigenvalue weighted by Gasteiger charge is 2.45. The Kier molecular flexibility index (Phi) is 3.11. The Morgan fingerprint density at radius 1 is 1.56 bits per heavy atom. The Hall–Kier alpha value is -2.12. The van der Waals surface area contributed by atoms with Crippen molar-refractivity contribution in [3.05, 3.63) is 0 Å². The second-order valence-corrected chi connectivity index (χ2v) is 3.41. The number of hydrogen-bond donors (Lipinski definition) is 4. The third kappa shape index (κ3) is 1.95. The van der Waals surface area contributed by atoms with Gasteiger partial charge in [0.2, 0.25) is 11.9 Å². The van der Waals surface area contributed by atoms with Gasteiger partial charge in [-0.15, -0.1) is 0 Å². The molecular weight excluding hydrogens is 214 g/mol. The molecule has 1 rings (SSSR count). The highest BCUT2D eigenvalue weighted by Crippen LogP contribution is 2.24. The number of primary amides is 2. The number of nitrogens with one attached hydrogen (secondary N) is 2. The first-order valence-electron chi connectivity index (χ1n) is 4.65. The van der Waals surface area contributed by atoms with Crippen molar-refractivity contribution in [3.8, 4) is 0 Å². The number of nitrogens with zero attached hydrogens (tertiary/aromatic N) is 1. The molecule has 88 valence electrons. The fourth-order valence-corrected chi connectivity index (χ4v) is 1.39. The number of aliphatic imine (C=N–C) groups is 1. The molecule has 0 radical (unpaired) electrons. The monoisotopic (exact) mass is 227 g/mol. The Morgan fingerprint density at radius 2 is 2.19 bits per heavy atom. The number of carbonyl (C=O) groups excluding carboxylic acids is 3. The third-order valence-corrected chi connectivity index (χ3v) is 2.50. The first-order valence-corrected chi connectivity index (χ1v) is 4.65. The van der Waals surface area contributed by atoms with Crippen LogP contribution in [0.2, 0.25) is 0 Å². The molecule has 0 bridgehead atoms. The van der Waals surface area contributed by atoms with Crippen LogP contribution in [-0.2, 0) is 9.59 Å². The quantitative estimate of drug-likeness (QED) is 0.406. The molecular formula is C8H13N5O3. The van der Waals surface area contributed by atoms with Gasteiger partial charge in [0.25, 0.3) is 5.91 Å². The molecule has 16 heavy (non-hydrogen) atoms. The minimum Gasteiger partial charge on any atom is -0.369 e. The molecule has 0 spiro atoms. The zero-order valence-electron chi connectivity index (χ0n) is 8.74. The number of urea groups is 1. The molecule has 0 aliphatic carbocycles. The number of nitrogens with two attached hydrogens (primary N) is 2. The number of carbonyl (C=O) groups is 3. The molecule has 1 heterocycles. The van der Waals surface area contributed by atoms with Crippen LogP contribution >= 0.6 is 0 Å². The first-order chi connectivity index (χ1) is 7.42. The Morgan fingerprint density at radius 3 is 2.56 bits per heavy atom. The molecule has 8 nitrogen and oxygen atoms in total. The van der Waals surface area contributed by atoms with Gasteiger partial charge in [-0.3, -0.25) is 14.9 Å². The SMILES string of the molecule is CC[C@]1(C(N)=O)CNC(NC(N)=O)=NC1=O. The molecule has 6 N–H and O–H groups in total. The lowest BCUT2D eigenvalue weighted by Crippen LogP contribution is -2.58. The Labute approximate surface area is 91.4 Å². The summed E-state index contributed by atoms with van der Waals surface area (Å²) in [4.78, 5) is 36.9. The van der Waals surface area contributed by atoms with E-state index in [9.17, 15) is 14.4 Å². The second-order valence-electron chi connectivity index (χ2n) is 3.41. The van der Waals surface area contributed by atoms with Crippen molar-refractivity contribution < 1.29 is 14.4 Å². The van der Waals surface area contributed by atoms with E-state index in [0.29, 0.717) is 0 Å². The van der Waals surface area contributed by atoms with Gasteiger partial charge in [-0.1, -0.05) is 6.92 Å². The van der Waals surface area contributed by atoms with Crippen molar-refractivity contribution in [2.24, 2.45) is 21.9 Å². The van der Waals surface area contributed by atoms with Crippen molar-refractivity contribution in [1.29, 1.82) is 0 Å². The molecule has 1 aliphatic rings. The Balaban J connectivity index is 2.94. The summed E-state index contributed by atoms with van der Waals surface area (Å²) in [6.45, 7) is 1.66. The van der Waals surface area contributed by atoms with E-state index in [1.807, 2.05) is 0 Å². The van der Waals surface area contributed by atoms with Crippen molar-refractivity contribution in [2.45, 2.75) is 13.3 Å².